The van der Waals surface area contributed by atoms with Gasteiger partial charge >= 0.3 is 0 Å². The third-order valence-electron chi connectivity index (χ3n) is 3.28. The van der Waals surface area contributed by atoms with Crippen molar-refractivity contribution in [3.05, 3.63) is 34.9 Å². The summed E-state index contributed by atoms with van der Waals surface area (Å²) in [4.78, 5) is 12.0. The van der Waals surface area contributed by atoms with Crippen LogP contribution in [0.15, 0.2) is 12.1 Å². The van der Waals surface area contributed by atoms with E-state index in [4.69, 9.17) is 8.22 Å². The van der Waals surface area contributed by atoms with Gasteiger partial charge in [-0.05, 0) is 44.0 Å². The summed E-state index contributed by atoms with van der Waals surface area (Å²) in [5.41, 5.74) is -0.813. The summed E-state index contributed by atoms with van der Waals surface area (Å²) in [5.74, 6) is -3.79. The minimum Gasteiger partial charge on any atom is -0.345 e. The van der Waals surface area contributed by atoms with Crippen molar-refractivity contribution in [2.75, 3.05) is 27.0 Å². The van der Waals surface area contributed by atoms with Crippen LogP contribution in [0.3, 0.4) is 0 Å². The lowest BCUT2D eigenvalue weighted by Crippen LogP contribution is -2.28. The number of piperidine rings is 1. The van der Waals surface area contributed by atoms with Crippen LogP contribution in [0.4, 0.5) is 8.78 Å². The van der Waals surface area contributed by atoms with Crippen molar-refractivity contribution in [3.63, 3.8) is 0 Å². The number of amides is 1. The fourth-order valence-electron chi connectivity index (χ4n) is 2.34. The van der Waals surface area contributed by atoms with Crippen molar-refractivity contribution >= 4 is 5.91 Å². The largest absolute Gasteiger partial charge is 0.345 e. The predicted molar refractivity (Wildman–Crippen MR) is 69.2 cm³/mol. The highest BCUT2D eigenvalue weighted by atomic mass is 19.1. The zero-order chi connectivity index (χ0) is 19.0. The molecule has 1 aliphatic rings. The molecule has 1 amide bonds. The van der Waals surface area contributed by atoms with Crippen LogP contribution < -0.4 is 5.32 Å². The average molecular weight is 274 g/mol. The summed E-state index contributed by atoms with van der Waals surface area (Å²) in [6.07, 6.45) is 1.05. The molecule has 19 heavy (non-hydrogen) atoms. The Morgan fingerprint density at radius 3 is 2.42 bits per heavy atom. The number of carbonyl (C=O) groups excluding carboxylic acids is 1. The second-order valence-electron chi connectivity index (χ2n) is 4.52. The molecule has 1 saturated heterocycles. The van der Waals surface area contributed by atoms with Gasteiger partial charge in [0.15, 0.2) is 0 Å². The maximum Gasteiger partial charge on any atom is 0.253 e. The average Bonchev–Trinajstić information content (AvgIpc) is 2.44. The second-order valence-corrected chi connectivity index (χ2v) is 4.52. The Bertz CT molecular complexity index is 619. The van der Waals surface area contributed by atoms with Gasteiger partial charge in [0, 0.05) is 33.3 Å². The summed E-state index contributed by atoms with van der Waals surface area (Å²) in [5, 5.41) is 3.07. The predicted octanol–water partition coefficient (Wildman–Crippen LogP) is 2.13. The van der Waals surface area contributed by atoms with E-state index in [1.54, 1.807) is 0 Å². The van der Waals surface area contributed by atoms with E-state index in [1.165, 1.54) is 0 Å². The van der Waals surface area contributed by atoms with Crippen molar-refractivity contribution in [1.82, 2.24) is 10.2 Å². The molecule has 2 rings (SSSR count). The lowest BCUT2D eigenvalue weighted by molar-refractivity contribution is 0.0826. The Kier molecular flexibility index (Phi) is 2.36. The zero-order valence-electron chi connectivity index (χ0n) is 16.2. The third kappa shape index (κ3) is 2.92. The molecule has 0 unspecified atom stereocenters. The zero-order valence-corrected chi connectivity index (χ0v) is 10.2. The molecule has 0 aromatic heterocycles. The standard InChI is InChI=1S/C14H18F2N2O/c1-18(2)14(19)10-7-11(15)13(12(16)8-10)9-3-5-17-6-4-9/h7-9,17H,3-6H2,1-2H3/i1D3,2D3. The number of nitrogens with one attached hydrogen (secondary N) is 1. The Labute approximate surface area is 120 Å². The Morgan fingerprint density at radius 1 is 1.32 bits per heavy atom. The van der Waals surface area contributed by atoms with E-state index in [0.717, 1.165) is 0 Å². The van der Waals surface area contributed by atoms with Crippen LogP contribution in [-0.2, 0) is 0 Å². The van der Waals surface area contributed by atoms with Gasteiger partial charge in [-0.25, -0.2) is 8.78 Å². The molecule has 1 N–H and O–H groups in total. The minimum atomic E-state index is -3.27. The summed E-state index contributed by atoms with van der Waals surface area (Å²) in [6.45, 7) is -5.34. The molecule has 0 spiro atoms. The van der Waals surface area contributed by atoms with E-state index in [9.17, 15) is 13.6 Å². The van der Waals surface area contributed by atoms with Crippen molar-refractivity contribution in [2.45, 2.75) is 18.8 Å². The molecule has 0 saturated carbocycles. The molecule has 0 radical (unpaired) electrons. The first-order valence-corrected chi connectivity index (χ1v) is 5.97. The van der Waals surface area contributed by atoms with Gasteiger partial charge < -0.3 is 10.2 Å². The number of hydrogen-bond donors (Lipinski definition) is 1. The lowest BCUT2D eigenvalue weighted by atomic mass is 9.88. The number of hydrogen-bond acceptors (Lipinski definition) is 2. The van der Waals surface area contributed by atoms with E-state index in [-0.39, 0.29) is 16.4 Å². The van der Waals surface area contributed by atoms with E-state index < -0.39 is 37.1 Å². The summed E-state index contributed by atoms with van der Waals surface area (Å²) in [7, 11) is 0. The van der Waals surface area contributed by atoms with Crippen molar-refractivity contribution in [3.8, 4) is 0 Å². The molecule has 5 heteroatoms. The van der Waals surface area contributed by atoms with E-state index in [2.05, 4.69) is 5.32 Å². The number of nitrogens with zero attached hydrogens (tertiary/aromatic N) is 1. The molecule has 1 heterocycles. The Morgan fingerprint density at radius 2 is 1.89 bits per heavy atom. The summed E-state index contributed by atoms with van der Waals surface area (Å²) in [6, 6.07) is 1.40. The van der Waals surface area contributed by atoms with Crippen LogP contribution in [0.25, 0.3) is 0 Å². The molecule has 0 aliphatic carbocycles. The number of carbonyl (C=O) groups is 1. The van der Waals surface area contributed by atoms with Gasteiger partial charge in [-0.2, -0.15) is 0 Å². The van der Waals surface area contributed by atoms with E-state index in [1.807, 2.05) is 0 Å². The molecule has 0 bridgehead atoms. The van der Waals surface area contributed by atoms with Gasteiger partial charge in [0.05, 0.1) is 0 Å². The molecular weight excluding hydrogens is 250 g/mol. The van der Waals surface area contributed by atoms with Gasteiger partial charge in [0.1, 0.15) is 11.6 Å². The van der Waals surface area contributed by atoms with Crippen molar-refractivity contribution < 1.29 is 21.8 Å². The molecule has 3 nitrogen and oxygen atoms in total. The first kappa shape index (κ1) is 7.94. The van der Waals surface area contributed by atoms with Gasteiger partial charge in [-0.15, -0.1) is 0 Å². The van der Waals surface area contributed by atoms with Gasteiger partial charge in [-0.1, -0.05) is 0 Å². The van der Waals surface area contributed by atoms with Crippen LogP contribution in [-0.4, -0.2) is 37.8 Å². The lowest BCUT2D eigenvalue weighted by Gasteiger charge is -2.24. The Balaban J connectivity index is 2.41. The number of halogens is 2. The Hall–Kier alpha value is -1.49. The normalized spacial score (nSPS) is 22.4. The summed E-state index contributed by atoms with van der Waals surface area (Å²) >= 11 is 0. The topological polar surface area (TPSA) is 32.3 Å². The molecular formula is C14H18F2N2O. The first-order chi connectivity index (χ1) is 11.4. The van der Waals surface area contributed by atoms with Crippen LogP contribution in [0.2, 0.25) is 0 Å². The van der Waals surface area contributed by atoms with Crippen LogP contribution in [0, 0.1) is 11.6 Å². The fourth-order valence-corrected chi connectivity index (χ4v) is 2.34. The highest BCUT2D eigenvalue weighted by Crippen LogP contribution is 2.30. The van der Waals surface area contributed by atoms with Gasteiger partial charge in [-0.3, -0.25) is 4.79 Å². The highest BCUT2D eigenvalue weighted by molar-refractivity contribution is 5.94. The van der Waals surface area contributed by atoms with Crippen LogP contribution in [0.1, 0.15) is 42.9 Å². The highest BCUT2D eigenvalue weighted by Gasteiger charge is 2.24. The van der Waals surface area contributed by atoms with Gasteiger partial charge in [0.2, 0.25) is 0 Å². The number of benzene rings is 1. The quantitative estimate of drug-likeness (QED) is 0.896. The molecule has 1 aromatic rings. The van der Waals surface area contributed by atoms with E-state index in [0.29, 0.717) is 38.1 Å². The van der Waals surface area contributed by atoms with E-state index >= 15 is 0 Å². The van der Waals surface area contributed by atoms with Crippen LogP contribution >= 0.6 is 0 Å². The third-order valence-corrected chi connectivity index (χ3v) is 3.28. The first-order valence-electron chi connectivity index (χ1n) is 8.97. The maximum atomic E-state index is 14.4. The van der Waals surface area contributed by atoms with Crippen LogP contribution in [0.5, 0.6) is 0 Å². The molecule has 1 aliphatic heterocycles. The minimum absolute atomic E-state index is 0.160. The van der Waals surface area contributed by atoms with Gasteiger partial charge in [0.25, 0.3) is 5.91 Å². The summed E-state index contributed by atoms with van der Waals surface area (Å²) < 4.78 is 72.1. The SMILES string of the molecule is [2H]C([2H])([2H])N(C(=O)c1cc(F)c(C2CCNCC2)c(F)c1)C([2H])([2H])[2H]. The smallest absolute Gasteiger partial charge is 0.253 e. The molecule has 1 aromatic carbocycles. The number of rotatable bonds is 2. The molecule has 104 valence electrons. The molecule has 0 atom stereocenters. The monoisotopic (exact) mass is 274 g/mol. The van der Waals surface area contributed by atoms with Crippen molar-refractivity contribution in [2.24, 2.45) is 0 Å². The maximum absolute atomic E-state index is 14.4. The fraction of sp³-hybridized carbons (Fsp3) is 0.500. The molecule has 1 fully saturated rings. The second kappa shape index (κ2) is 5.65. The van der Waals surface area contributed by atoms with Crippen molar-refractivity contribution in [1.29, 1.82) is 0 Å².